The summed E-state index contributed by atoms with van der Waals surface area (Å²) in [6.07, 6.45) is -7.62. The number of hydrogen-bond acceptors (Lipinski definition) is 4. The minimum absolute atomic E-state index is 0.211. The number of nitrogens with one attached hydrogen (secondary N) is 1. The number of alkyl halides is 5. The lowest BCUT2D eigenvalue weighted by molar-refractivity contribution is -0.141. The molecule has 0 unspecified atom stereocenters. The van der Waals surface area contributed by atoms with E-state index in [4.69, 9.17) is 16.2 Å². The van der Waals surface area contributed by atoms with Gasteiger partial charge in [0.2, 0.25) is 0 Å². The highest BCUT2D eigenvalue weighted by Gasteiger charge is 2.34. The number of nitrogens with two attached hydrogens (primary N) is 1. The van der Waals surface area contributed by atoms with Gasteiger partial charge in [-0.2, -0.15) is 13.2 Å². The van der Waals surface area contributed by atoms with Gasteiger partial charge in [0, 0.05) is 6.54 Å². The summed E-state index contributed by atoms with van der Waals surface area (Å²) in [7, 11) is 0. The van der Waals surface area contributed by atoms with Gasteiger partial charge in [0.25, 0.3) is 6.43 Å². The molecule has 1 heterocycles. The number of aliphatic hydroxyl groups is 1. The van der Waals surface area contributed by atoms with Gasteiger partial charge in [-0.3, -0.25) is 5.41 Å². The SMILES string of the molecule is N=C(N)c1ccc(C(F)(F)F)nc1N(CCO)CC(F)F. The van der Waals surface area contributed by atoms with Crippen molar-refractivity contribution >= 4 is 11.7 Å². The first-order valence-electron chi connectivity index (χ1n) is 5.73. The van der Waals surface area contributed by atoms with Crippen molar-refractivity contribution in [3.8, 4) is 0 Å². The third kappa shape index (κ3) is 4.52. The number of nitrogen functional groups attached to an aromatic ring is 1. The van der Waals surface area contributed by atoms with Crippen LogP contribution in [0.5, 0.6) is 0 Å². The maximum absolute atomic E-state index is 12.6. The molecule has 0 aliphatic carbocycles. The Kier molecular flexibility index (Phi) is 5.41. The summed E-state index contributed by atoms with van der Waals surface area (Å²) >= 11 is 0. The minimum atomic E-state index is -4.76. The van der Waals surface area contributed by atoms with Gasteiger partial charge >= 0.3 is 6.18 Å². The molecule has 0 fully saturated rings. The van der Waals surface area contributed by atoms with Crippen molar-refractivity contribution in [1.29, 1.82) is 5.41 Å². The van der Waals surface area contributed by atoms with Crippen LogP contribution in [0.4, 0.5) is 27.8 Å². The third-order valence-electron chi connectivity index (χ3n) is 2.48. The number of halogens is 5. The van der Waals surface area contributed by atoms with E-state index in [9.17, 15) is 22.0 Å². The molecule has 1 aromatic heterocycles. The maximum Gasteiger partial charge on any atom is 0.433 e. The topological polar surface area (TPSA) is 86.2 Å². The van der Waals surface area contributed by atoms with Gasteiger partial charge < -0.3 is 15.7 Å². The van der Waals surface area contributed by atoms with E-state index in [1.807, 2.05) is 0 Å². The van der Waals surface area contributed by atoms with Gasteiger partial charge in [-0.05, 0) is 12.1 Å². The van der Waals surface area contributed by atoms with Crippen molar-refractivity contribution < 1.29 is 27.1 Å². The Hall–Kier alpha value is -1.97. The molecule has 0 aromatic carbocycles. The minimum Gasteiger partial charge on any atom is -0.395 e. The lowest BCUT2D eigenvalue weighted by Crippen LogP contribution is -2.34. The highest BCUT2D eigenvalue weighted by atomic mass is 19.4. The van der Waals surface area contributed by atoms with Crippen LogP contribution in [0.1, 0.15) is 11.3 Å². The van der Waals surface area contributed by atoms with Gasteiger partial charge in [0.05, 0.1) is 18.7 Å². The van der Waals surface area contributed by atoms with E-state index in [2.05, 4.69) is 4.98 Å². The first kappa shape index (κ1) is 17.1. The maximum atomic E-state index is 12.6. The Bertz CT molecular complexity index is 506. The summed E-state index contributed by atoms with van der Waals surface area (Å²) in [5, 5.41) is 16.1. The smallest absolute Gasteiger partial charge is 0.395 e. The fourth-order valence-corrected chi connectivity index (χ4v) is 1.63. The van der Waals surface area contributed by atoms with Crippen molar-refractivity contribution in [3.05, 3.63) is 23.4 Å². The van der Waals surface area contributed by atoms with Crippen LogP contribution >= 0.6 is 0 Å². The Labute approximate surface area is 116 Å². The van der Waals surface area contributed by atoms with Crippen LogP contribution in [0, 0.1) is 5.41 Å². The molecule has 1 rings (SSSR count). The van der Waals surface area contributed by atoms with Crippen molar-refractivity contribution in [1.82, 2.24) is 4.98 Å². The van der Waals surface area contributed by atoms with Crippen molar-refractivity contribution in [3.63, 3.8) is 0 Å². The summed E-state index contributed by atoms with van der Waals surface area (Å²) in [6, 6.07) is 1.50. The van der Waals surface area contributed by atoms with E-state index in [0.29, 0.717) is 6.07 Å². The number of amidine groups is 1. The number of anilines is 1. The highest BCUT2D eigenvalue weighted by molar-refractivity contribution is 5.99. The second-order valence-electron chi connectivity index (χ2n) is 4.04. The second-order valence-corrected chi connectivity index (χ2v) is 4.04. The van der Waals surface area contributed by atoms with Crippen molar-refractivity contribution in [2.45, 2.75) is 12.6 Å². The average Bonchev–Trinajstić information content (AvgIpc) is 2.35. The predicted molar refractivity (Wildman–Crippen MR) is 65.6 cm³/mol. The van der Waals surface area contributed by atoms with E-state index < -0.39 is 43.1 Å². The van der Waals surface area contributed by atoms with E-state index in [-0.39, 0.29) is 12.1 Å². The Morgan fingerprint density at radius 1 is 1.38 bits per heavy atom. The number of nitrogens with zero attached hydrogens (tertiary/aromatic N) is 2. The summed E-state index contributed by atoms with van der Waals surface area (Å²) in [5.41, 5.74) is 3.72. The van der Waals surface area contributed by atoms with E-state index >= 15 is 0 Å². The molecule has 0 aliphatic heterocycles. The molecule has 0 saturated heterocycles. The normalized spacial score (nSPS) is 11.8. The fraction of sp³-hybridized carbons (Fsp3) is 0.455. The van der Waals surface area contributed by atoms with Crippen LogP contribution < -0.4 is 10.6 Å². The molecule has 118 valence electrons. The molecule has 0 saturated carbocycles. The molecule has 0 atom stereocenters. The molecule has 0 bridgehead atoms. The summed E-state index contributed by atoms with van der Waals surface area (Å²) < 4.78 is 63.0. The Morgan fingerprint density at radius 2 is 2.00 bits per heavy atom. The van der Waals surface area contributed by atoms with E-state index in [1.165, 1.54) is 0 Å². The monoisotopic (exact) mass is 312 g/mol. The van der Waals surface area contributed by atoms with Crippen LogP contribution in [-0.2, 0) is 6.18 Å². The first-order valence-corrected chi connectivity index (χ1v) is 5.73. The molecular weight excluding hydrogens is 299 g/mol. The second kappa shape index (κ2) is 6.66. The van der Waals surface area contributed by atoms with Gasteiger partial charge in [0.15, 0.2) is 0 Å². The van der Waals surface area contributed by atoms with E-state index in [0.717, 1.165) is 11.0 Å². The molecule has 1 aromatic rings. The zero-order chi connectivity index (χ0) is 16.2. The van der Waals surface area contributed by atoms with Crippen LogP contribution in [0.3, 0.4) is 0 Å². The quantitative estimate of drug-likeness (QED) is 0.421. The van der Waals surface area contributed by atoms with Crippen LogP contribution in [0.2, 0.25) is 0 Å². The molecule has 0 aliphatic rings. The lowest BCUT2D eigenvalue weighted by atomic mass is 10.2. The van der Waals surface area contributed by atoms with Crippen molar-refractivity contribution in [2.75, 3.05) is 24.6 Å². The number of rotatable bonds is 6. The predicted octanol–water partition coefficient (Wildman–Crippen LogP) is 1.45. The van der Waals surface area contributed by atoms with Crippen LogP contribution in [-0.4, -0.2) is 42.0 Å². The number of pyridine rings is 1. The molecular formula is C11H13F5N4O. The third-order valence-corrected chi connectivity index (χ3v) is 2.48. The average molecular weight is 312 g/mol. The highest BCUT2D eigenvalue weighted by Crippen LogP contribution is 2.30. The van der Waals surface area contributed by atoms with Gasteiger partial charge in [0.1, 0.15) is 17.3 Å². The molecule has 4 N–H and O–H groups in total. The van der Waals surface area contributed by atoms with Crippen LogP contribution in [0.15, 0.2) is 12.1 Å². The largest absolute Gasteiger partial charge is 0.433 e. The summed E-state index contributed by atoms with van der Waals surface area (Å²) in [5.74, 6) is -1.12. The molecule has 0 amide bonds. The van der Waals surface area contributed by atoms with Crippen LogP contribution in [0.25, 0.3) is 0 Å². The molecule has 0 spiro atoms. The zero-order valence-corrected chi connectivity index (χ0v) is 10.7. The number of hydrogen-bond donors (Lipinski definition) is 3. The van der Waals surface area contributed by atoms with Crippen molar-refractivity contribution in [2.24, 2.45) is 5.73 Å². The first-order chi connectivity index (χ1) is 9.66. The summed E-state index contributed by atoms with van der Waals surface area (Å²) in [4.78, 5) is 4.03. The molecule has 5 nitrogen and oxygen atoms in total. The van der Waals surface area contributed by atoms with Gasteiger partial charge in [-0.15, -0.1) is 0 Å². The molecule has 10 heteroatoms. The van der Waals surface area contributed by atoms with Gasteiger partial charge in [-0.25, -0.2) is 13.8 Å². The Morgan fingerprint density at radius 3 is 2.43 bits per heavy atom. The fourth-order valence-electron chi connectivity index (χ4n) is 1.63. The summed E-state index contributed by atoms with van der Waals surface area (Å²) in [6.45, 7) is -1.87. The Balaban J connectivity index is 3.35. The molecule has 21 heavy (non-hydrogen) atoms. The number of aromatic nitrogens is 1. The lowest BCUT2D eigenvalue weighted by Gasteiger charge is -2.25. The zero-order valence-electron chi connectivity index (χ0n) is 10.7. The standard InChI is InChI=1S/C11H13F5N4O/c12-8(13)5-20(3-4-21)10-6(9(17)18)1-2-7(19-10)11(14,15)16/h1-2,8,21H,3-5H2,(H3,17,18). The molecule has 0 radical (unpaired) electrons. The van der Waals surface area contributed by atoms with E-state index in [1.54, 1.807) is 0 Å². The number of aliphatic hydroxyl groups excluding tert-OH is 1. The van der Waals surface area contributed by atoms with Gasteiger partial charge in [-0.1, -0.05) is 0 Å².